The first-order chi connectivity index (χ1) is 5.70. The lowest BCUT2D eigenvalue weighted by Crippen LogP contribution is -1.99. The normalized spacial score (nSPS) is 23.4. The number of aliphatic hydroxyl groups is 1. The summed E-state index contributed by atoms with van der Waals surface area (Å²) in [6, 6.07) is 0. The van der Waals surface area contributed by atoms with E-state index in [1.54, 1.807) is 6.08 Å². The molecule has 0 saturated heterocycles. The van der Waals surface area contributed by atoms with Gasteiger partial charge in [0.2, 0.25) is 5.12 Å². The van der Waals surface area contributed by atoms with Gasteiger partial charge in [-0.2, -0.15) is 0 Å². The Morgan fingerprint density at radius 3 is 2.83 bits per heavy atom. The highest BCUT2D eigenvalue weighted by Crippen LogP contribution is 2.35. The summed E-state index contributed by atoms with van der Waals surface area (Å²) in [6.07, 6.45) is 2.92. The van der Waals surface area contributed by atoms with Crippen molar-refractivity contribution in [3.63, 3.8) is 0 Å². The summed E-state index contributed by atoms with van der Waals surface area (Å²) in [7, 11) is 0. The van der Waals surface area contributed by atoms with Crippen LogP contribution in [0.1, 0.15) is 19.8 Å². The van der Waals surface area contributed by atoms with E-state index in [0.717, 1.165) is 6.42 Å². The van der Waals surface area contributed by atoms with Gasteiger partial charge in [0.1, 0.15) is 5.76 Å². The number of thioether (sulfide) groups is 1. The molecule has 1 N–H and O–H groups in total. The van der Waals surface area contributed by atoms with Crippen molar-refractivity contribution in [3.05, 3.63) is 24.0 Å². The van der Waals surface area contributed by atoms with E-state index in [1.165, 1.54) is 11.8 Å². The molecule has 12 heavy (non-hydrogen) atoms. The predicted octanol–water partition coefficient (Wildman–Crippen LogP) is 2.43. The SMILES string of the molecule is C=CCC1=C(O)C(CC)SC1=O. The van der Waals surface area contributed by atoms with Crippen LogP contribution in [0.15, 0.2) is 24.0 Å². The average molecular weight is 184 g/mol. The van der Waals surface area contributed by atoms with Crippen molar-refractivity contribution in [2.75, 3.05) is 0 Å². The van der Waals surface area contributed by atoms with Crippen molar-refractivity contribution in [2.45, 2.75) is 25.0 Å². The molecule has 2 nitrogen and oxygen atoms in total. The van der Waals surface area contributed by atoms with Gasteiger partial charge in [-0.25, -0.2) is 0 Å². The van der Waals surface area contributed by atoms with E-state index in [2.05, 4.69) is 6.58 Å². The number of carbonyl (C=O) groups is 1. The molecule has 1 atom stereocenters. The first-order valence-corrected chi connectivity index (χ1v) is 4.82. The number of carbonyl (C=O) groups excluding carboxylic acids is 1. The van der Waals surface area contributed by atoms with Crippen LogP contribution in [0.5, 0.6) is 0 Å². The summed E-state index contributed by atoms with van der Waals surface area (Å²) in [5.41, 5.74) is 0.529. The molecule has 0 aromatic rings. The summed E-state index contributed by atoms with van der Waals surface area (Å²) in [5, 5.41) is 9.52. The van der Waals surface area contributed by atoms with Crippen LogP contribution in [0.4, 0.5) is 0 Å². The van der Waals surface area contributed by atoms with Crippen LogP contribution < -0.4 is 0 Å². The topological polar surface area (TPSA) is 37.3 Å². The molecule has 0 aromatic heterocycles. The fourth-order valence-corrected chi connectivity index (χ4v) is 2.17. The minimum atomic E-state index is -0.0209. The van der Waals surface area contributed by atoms with Gasteiger partial charge in [0.05, 0.1) is 5.25 Å². The summed E-state index contributed by atoms with van der Waals surface area (Å²) in [4.78, 5) is 11.2. The van der Waals surface area contributed by atoms with E-state index >= 15 is 0 Å². The number of allylic oxidation sites excluding steroid dienone is 1. The van der Waals surface area contributed by atoms with E-state index < -0.39 is 0 Å². The molecule has 0 aromatic carbocycles. The lowest BCUT2D eigenvalue weighted by atomic mass is 10.1. The second-order valence-electron chi connectivity index (χ2n) is 2.66. The van der Waals surface area contributed by atoms with Crippen LogP contribution in [-0.4, -0.2) is 15.5 Å². The predicted molar refractivity (Wildman–Crippen MR) is 51.1 cm³/mol. The second kappa shape index (κ2) is 3.81. The first kappa shape index (κ1) is 9.39. The summed E-state index contributed by atoms with van der Waals surface area (Å²) in [6.45, 7) is 5.49. The van der Waals surface area contributed by atoms with Gasteiger partial charge in [-0.3, -0.25) is 4.79 Å². The molecule has 0 saturated carbocycles. The first-order valence-electron chi connectivity index (χ1n) is 3.94. The van der Waals surface area contributed by atoms with E-state index in [1.807, 2.05) is 6.92 Å². The summed E-state index contributed by atoms with van der Waals surface area (Å²) < 4.78 is 0. The highest BCUT2D eigenvalue weighted by molar-refractivity contribution is 8.15. The molecule has 0 fully saturated rings. The van der Waals surface area contributed by atoms with Crippen molar-refractivity contribution < 1.29 is 9.90 Å². The van der Waals surface area contributed by atoms with Crippen LogP contribution in [0, 0.1) is 0 Å². The molecular formula is C9H12O2S. The van der Waals surface area contributed by atoms with Crippen LogP contribution in [0.3, 0.4) is 0 Å². The highest BCUT2D eigenvalue weighted by atomic mass is 32.2. The Kier molecular flexibility index (Phi) is 2.98. The van der Waals surface area contributed by atoms with E-state index in [9.17, 15) is 9.90 Å². The van der Waals surface area contributed by atoms with Crippen molar-refractivity contribution in [2.24, 2.45) is 0 Å². The van der Waals surface area contributed by atoms with Gasteiger partial charge in [-0.1, -0.05) is 24.8 Å². The van der Waals surface area contributed by atoms with Crippen LogP contribution in [0.25, 0.3) is 0 Å². The van der Waals surface area contributed by atoms with Gasteiger partial charge in [-0.15, -0.1) is 6.58 Å². The molecule has 0 aliphatic carbocycles. The maximum Gasteiger partial charge on any atom is 0.219 e. The minimum absolute atomic E-state index is 0.000694. The zero-order valence-corrected chi connectivity index (χ0v) is 7.86. The molecule has 0 bridgehead atoms. The lowest BCUT2D eigenvalue weighted by Gasteiger charge is -2.02. The number of rotatable bonds is 3. The monoisotopic (exact) mass is 184 g/mol. The number of hydrogen-bond acceptors (Lipinski definition) is 3. The van der Waals surface area contributed by atoms with Gasteiger partial charge >= 0.3 is 0 Å². The maximum absolute atomic E-state index is 11.2. The standard InChI is InChI=1S/C9H12O2S/c1-3-5-6-8(10)7(4-2)12-9(6)11/h3,7,10H,1,4-5H2,2H3. The van der Waals surface area contributed by atoms with Crippen molar-refractivity contribution in [1.29, 1.82) is 0 Å². The summed E-state index contributed by atoms with van der Waals surface area (Å²) >= 11 is 1.21. The fraction of sp³-hybridized carbons (Fsp3) is 0.444. The van der Waals surface area contributed by atoms with E-state index in [4.69, 9.17) is 0 Å². The van der Waals surface area contributed by atoms with Gasteiger partial charge < -0.3 is 5.11 Å². The van der Waals surface area contributed by atoms with Crippen LogP contribution >= 0.6 is 11.8 Å². The van der Waals surface area contributed by atoms with E-state index in [-0.39, 0.29) is 16.1 Å². The van der Waals surface area contributed by atoms with Crippen LogP contribution in [0.2, 0.25) is 0 Å². The molecule has 0 amide bonds. The van der Waals surface area contributed by atoms with Crippen molar-refractivity contribution in [3.8, 4) is 0 Å². The zero-order valence-electron chi connectivity index (χ0n) is 7.04. The average Bonchev–Trinajstić information content (AvgIpc) is 2.32. The third kappa shape index (κ3) is 1.55. The molecule has 1 rings (SSSR count). The molecule has 0 spiro atoms. The molecule has 0 radical (unpaired) electrons. The van der Waals surface area contributed by atoms with E-state index in [0.29, 0.717) is 12.0 Å². The molecule has 1 aliphatic heterocycles. The van der Waals surface area contributed by atoms with Crippen molar-refractivity contribution in [1.82, 2.24) is 0 Å². The minimum Gasteiger partial charge on any atom is -0.511 e. The Morgan fingerprint density at radius 1 is 1.75 bits per heavy atom. The highest BCUT2D eigenvalue weighted by Gasteiger charge is 2.30. The molecule has 1 aliphatic rings. The van der Waals surface area contributed by atoms with Gasteiger partial charge in [0.25, 0.3) is 0 Å². The summed E-state index contributed by atoms with van der Waals surface area (Å²) in [5.74, 6) is 0.257. The Balaban J connectivity index is 2.84. The van der Waals surface area contributed by atoms with Gasteiger partial charge in [-0.05, 0) is 12.8 Å². The fourth-order valence-electron chi connectivity index (χ4n) is 1.16. The maximum atomic E-state index is 11.2. The molecule has 1 unspecified atom stereocenters. The van der Waals surface area contributed by atoms with Gasteiger partial charge in [0.15, 0.2) is 0 Å². The molecule has 3 heteroatoms. The van der Waals surface area contributed by atoms with Crippen molar-refractivity contribution >= 4 is 16.9 Å². The van der Waals surface area contributed by atoms with Gasteiger partial charge in [0, 0.05) is 5.57 Å². The third-order valence-corrected chi connectivity index (χ3v) is 3.13. The smallest absolute Gasteiger partial charge is 0.219 e. The van der Waals surface area contributed by atoms with Crippen LogP contribution in [-0.2, 0) is 4.79 Å². The Morgan fingerprint density at radius 2 is 2.42 bits per heavy atom. The Labute approximate surface area is 76.4 Å². The Bertz CT molecular complexity index is 243. The molecular weight excluding hydrogens is 172 g/mol. The largest absolute Gasteiger partial charge is 0.511 e. The lowest BCUT2D eigenvalue weighted by molar-refractivity contribution is -0.107. The zero-order chi connectivity index (χ0) is 9.14. The quantitative estimate of drug-likeness (QED) is 0.684. The number of aliphatic hydroxyl groups excluding tert-OH is 1. The molecule has 66 valence electrons. The number of hydrogen-bond donors (Lipinski definition) is 1. The third-order valence-electron chi connectivity index (χ3n) is 1.83. The second-order valence-corrected chi connectivity index (χ2v) is 3.83. The molecule has 1 heterocycles. The Hall–Kier alpha value is -0.700.